The molecule has 0 bridgehead atoms. The SMILES string of the molecule is C.CC(C)(C)C1=C(C(C)(C)C)CCCC1.CC(C)(C)C1=C(C(C)(C)C)OC(F)(F)O1.CC(C)(C)C1=C(C(C)(C)C)OCO1.CC1(C)CC(C(C)(C)C)=C(C(C)(C)C)O1. The number of rotatable bonds is 0. The quantitative estimate of drug-likeness (QED) is 0.228. The van der Waals surface area contributed by atoms with Gasteiger partial charge in [0.25, 0.3) is 0 Å². The molecule has 3 aliphatic heterocycles. The summed E-state index contributed by atoms with van der Waals surface area (Å²) >= 11 is 0. The second kappa shape index (κ2) is 18.4. The number of halogens is 2. The van der Waals surface area contributed by atoms with Crippen molar-refractivity contribution in [3.8, 4) is 0 Å². The third-order valence-corrected chi connectivity index (χ3v) is 10.1. The van der Waals surface area contributed by atoms with Crippen LogP contribution in [0.15, 0.2) is 45.5 Å². The zero-order chi connectivity index (χ0) is 45.4. The second-order valence-corrected chi connectivity index (χ2v) is 25.4. The fourth-order valence-electron chi connectivity index (χ4n) is 7.38. The van der Waals surface area contributed by atoms with E-state index in [4.69, 9.17) is 14.2 Å². The largest absolute Gasteiger partial charge is 0.585 e. The predicted octanol–water partition coefficient (Wildman–Crippen LogP) is 17.3. The standard InChI is InChI=1S/C14H26O.C14H26.C11H18F2O2.C11H20O2.CH4/c1-12(2,3)10-9-14(7,8)15-11(10)13(4,5)6;1-13(2,3)11-9-7-8-10-12(11)14(4,5)6;1-9(2,3)7-8(10(4,5)6)15-11(12,13)14-7;1-10(2,3)8-9(11(4,5)6)13-7-12-8;/h9H2,1-8H3;7-10H2,1-6H3;1-6H3;7H2,1-6H3;1H4. The summed E-state index contributed by atoms with van der Waals surface area (Å²) in [6.07, 6.45) is 2.99. The Morgan fingerprint density at radius 2 is 0.655 bits per heavy atom. The minimum absolute atomic E-state index is 0. The molecule has 0 amide bonds. The van der Waals surface area contributed by atoms with E-state index in [-0.39, 0.29) is 46.2 Å². The molecule has 0 spiro atoms. The number of hydrogen-bond donors (Lipinski definition) is 0. The van der Waals surface area contributed by atoms with Gasteiger partial charge in [0.05, 0.1) is 0 Å². The van der Waals surface area contributed by atoms with Gasteiger partial charge in [0.15, 0.2) is 11.5 Å². The van der Waals surface area contributed by atoms with E-state index < -0.39 is 17.1 Å². The van der Waals surface area contributed by atoms with Crippen LogP contribution in [-0.2, 0) is 23.7 Å². The maximum absolute atomic E-state index is 13.0. The van der Waals surface area contributed by atoms with Crippen molar-refractivity contribution in [2.75, 3.05) is 6.79 Å². The minimum Gasteiger partial charge on any atom is -0.491 e. The Hall–Kier alpha value is -2.18. The molecule has 0 fully saturated rings. The summed E-state index contributed by atoms with van der Waals surface area (Å²) in [5.74, 6) is 3.68. The Labute approximate surface area is 358 Å². The molecule has 0 N–H and O–H groups in total. The average molecular weight is 825 g/mol. The van der Waals surface area contributed by atoms with Gasteiger partial charge >= 0.3 is 6.29 Å². The molecule has 4 rings (SSSR count). The van der Waals surface area contributed by atoms with Gasteiger partial charge in [-0.1, -0.05) is 185 Å². The average Bonchev–Trinajstić information content (AvgIpc) is 3.67. The van der Waals surface area contributed by atoms with Crippen LogP contribution in [0, 0.1) is 43.3 Å². The van der Waals surface area contributed by atoms with Crippen LogP contribution < -0.4 is 0 Å². The lowest BCUT2D eigenvalue weighted by Gasteiger charge is -2.36. The van der Waals surface area contributed by atoms with Crippen molar-refractivity contribution >= 4 is 0 Å². The molecule has 0 radical (unpaired) electrons. The lowest BCUT2D eigenvalue weighted by atomic mass is 9.69. The first-order valence-electron chi connectivity index (χ1n) is 21.5. The Morgan fingerprint density at radius 3 is 0.879 bits per heavy atom. The molecule has 0 aromatic rings. The van der Waals surface area contributed by atoms with Crippen molar-refractivity contribution in [1.82, 2.24) is 0 Å². The summed E-state index contributed by atoms with van der Waals surface area (Å²) in [5, 5.41) is 0. The van der Waals surface area contributed by atoms with Crippen molar-refractivity contribution in [3.05, 3.63) is 45.5 Å². The van der Waals surface area contributed by atoms with E-state index in [0.29, 0.717) is 17.6 Å². The van der Waals surface area contributed by atoms with Gasteiger partial charge in [-0.3, -0.25) is 0 Å². The monoisotopic (exact) mass is 825 g/mol. The normalized spacial score (nSPS) is 20.2. The molecule has 342 valence electrons. The van der Waals surface area contributed by atoms with Crippen molar-refractivity contribution in [2.24, 2.45) is 43.3 Å². The summed E-state index contributed by atoms with van der Waals surface area (Å²) in [7, 11) is 0. The van der Waals surface area contributed by atoms with Crippen molar-refractivity contribution in [2.45, 2.75) is 231 Å². The van der Waals surface area contributed by atoms with E-state index in [1.165, 1.54) is 37.0 Å². The lowest BCUT2D eigenvalue weighted by Crippen LogP contribution is -2.22. The van der Waals surface area contributed by atoms with Crippen LogP contribution in [-0.4, -0.2) is 18.7 Å². The first-order chi connectivity index (χ1) is 24.8. The fourth-order valence-corrected chi connectivity index (χ4v) is 7.38. The molecule has 58 heavy (non-hydrogen) atoms. The minimum atomic E-state index is -3.52. The Bertz CT molecular complexity index is 1330. The maximum atomic E-state index is 13.0. The van der Waals surface area contributed by atoms with Gasteiger partial charge in [-0.15, -0.1) is 8.78 Å². The number of ether oxygens (including phenoxy) is 5. The molecule has 0 saturated heterocycles. The van der Waals surface area contributed by atoms with Crippen LogP contribution in [0.5, 0.6) is 0 Å². The molecule has 0 saturated carbocycles. The molecule has 0 aromatic carbocycles. The van der Waals surface area contributed by atoms with E-state index in [1.54, 1.807) is 11.1 Å². The number of hydrogen-bond acceptors (Lipinski definition) is 5. The van der Waals surface area contributed by atoms with Gasteiger partial charge in [0.1, 0.15) is 22.9 Å². The van der Waals surface area contributed by atoms with E-state index in [1.807, 2.05) is 41.5 Å². The first kappa shape index (κ1) is 55.8. The highest BCUT2D eigenvalue weighted by molar-refractivity contribution is 5.28. The maximum Gasteiger partial charge on any atom is 0.585 e. The molecular weight excluding hydrogens is 731 g/mol. The van der Waals surface area contributed by atoms with Crippen LogP contribution in [0.1, 0.15) is 220 Å². The number of allylic oxidation sites excluding steroid dienone is 7. The summed E-state index contributed by atoms with van der Waals surface area (Å²) in [5.41, 5.74) is 5.14. The Morgan fingerprint density at radius 1 is 0.379 bits per heavy atom. The fraction of sp³-hybridized carbons (Fsp3) is 0.843. The smallest absolute Gasteiger partial charge is 0.491 e. The Kier molecular flexibility index (Phi) is 17.7. The molecule has 5 nitrogen and oxygen atoms in total. The molecule has 7 heteroatoms. The summed E-state index contributed by atoms with van der Waals surface area (Å²) in [4.78, 5) is 0. The van der Waals surface area contributed by atoms with E-state index in [0.717, 1.165) is 17.9 Å². The second-order valence-electron chi connectivity index (χ2n) is 25.4. The molecule has 0 unspecified atom stereocenters. The topological polar surface area (TPSA) is 46.2 Å². The molecule has 0 atom stereocenters. The van der Waals surface area contributed by atoms with E-state index >= 15 is 0 Å². The lowest BCUT2D eigenvalue weighted by molar-refractivity contribution is -0.342. The van der Waals surface area contributed by atoms with Crippen LogP contribution in [0.2, 0.25) is 0 Å². The zero-order valence-corrected chi connectivity index (χ0v) is 42.0. The highest BCUT2D eigenvalue weighted by Crippen LogP contribution is 2.50. The van der Waals surface area contributed by atoms with Crippen molar-refractivity contribution < 1.29 is 32.5 Å². The third-order valence-electron chi connectivity index (χ3n) is 10.1. The molecular formula is C51H94F2O5. The van der Waals surface area contributed by atoms with Gasteiger partial charge < -0.3 is 23.7 Å². The van der Waals surface area contributed by atoms with Crippen LogP contribution in [0.25, 0.3) is 0 Å². The van der Waals surface area contributed by atoms with Crippen LogP contribution in [0.3, 0.4) is 0 Å². The van der Waals surface area contributed by atoms with Crippen molar-refractivity contribution in [3.63, 3.8) is 0 Å². The van der Waals surface area contributed by atoms with Crippen LogP contribution >= 0.6 is 0 Å². The zero-order valence-electron chi connectivity index (χ0n) is 42.0. The summed E-state index contributed by atoms with van der Waals surface area (Å²) < 4.78 is 52.4. The van der Waals surface area contributed by atoms with Gasteiger partial charge in [-0.2, -0.15) is 0 Å². The van der Waals surface area contributed by atoms with Gasteiger partial charge in [0.2, 0.25) is 6.79 Å². The summed E-state index contributed by atoms with van der Waals surface area (Å²) in [6, 6.07) is 0. The predicted molar refractivity (Wildman–Crippen MR) is 243 cm³/mol. The van der Waals surface area contributed by atoms with Gasteiger partial charge in [-0.05, 0) is 61.3 Å². The Balaban J connectivity index is 0.000000744. The number of alkyl halides is 2. The molecule has 0 aromatic heterocycles. The molecule has 4 aliphatic rings. The van der Waals surface area contributed by atoms with E-state index in [9.17, 15) is 8.78 Å². The highest BCUT2D eigenvalue weighted by Gasteiger charge is 2.51. The third kappa shape index (κ3) is 16.7. The highest BCUT2D eigenvalue weighted by atomic mass is 19.3. The summed E-state index contributed by atoms with van der Waals surface area (Å²) in [6.45, 7) is 56.2. The molecule has 1 aliphatic carbocycles. The van der Waals surface area contributed by atoms with Crippen molar-refractivity contribution in [1.29, 1.82) is 0 Å². The van der Waals surface area contributed by atoms with Gasteiger partial charge in [0, 0.05) is 33.5 Å². The van der Waals surface area contributed by atoms with E-state index in [2.05, 4.69) is 148 Å². The van der Waals surface area contributed by atoms with Gasteiger partial charge in [-0.25, -0.2) is 0 Å². The first-order valence-corrected chi connectivity index (χ1v) is 21.5. The van der Waals surface area contributed by atoms with Crippen LogP contribution in [0.4, 0.5) is 8.78 Å². The molecule has 3 heterocycles.